The summed E-state index contributed by atoms with van der Waals surface area (Å²) in [7, 11) is -3.54. The maximum absolute atomic E-state index is 12.3. The second-order valence-corrected chi connectivity index (χ2v) is 6.61. The van der Waals surface area contributed by atoms with Gasteiger partial charge in [0.1, 0.15) is 0 Å². The lowest BCUT2D eigenvalue weighted by Crippen LogP contribution is -2.39. The van der Waals surface area contributed by atoms with Crippen molar-refractivity contribution in [2.45, 2.75) is 36.8 Å². The van der Waals surface area contributed by atoms with Gasteiger partial charge in [0.05, 0.1) is 23.6 Å². The number of hydrogen-bond donors (Lipinski definition) is 2. The average molecular weight is 309 g/mol. The zero-order valence-corrected chi connectivity index (χ0v) is 12.7. The molecule has 1 saturated heterocycles. The number of sulfonamides is 1. The summed E-state index contributed by atoms with van der Waals surface area (Å²) in [5, 5.41) is 8.65. The van der Waals surface area contributed by atoms with Crippen molar-refractivity contribution in [2.75, 3.05) is 13.2 Å². The van der Waals surface area contributed by atoms with Crippen molar-refractivity contribution in [2.24, 2.45) is 0 Å². The molecule has 0 spiro atoms. The Morgan fingerprint density at radius 2 is 2.10 bits per heavy atom. The predicted molar refractivity (Wildman–Crippen MR) is 79.2 cm³/mol. The van der Waals surface area contributed by atoms with E-state index in [0.717, 1.165) is 5.56 Å². The van der Waals surface area contributed by atoms with Crippen LogP contribution in [0, 0.1) is 11.8 Å². The molecule has 0 aliphatic carbocycles. The Labute approximate surface area is 125 Å². The first-order chi connectivity index (χ1) is 10.0. The Morgan fingerprint density at radius 3 is 2.67 bits per heavy atom. The molecular formula is C15H19NO4S. The highest BCUT2D eigenvalue weighted by molar-refractivity contribution is 7.89. The quantitative estimate of drug-likeness (QED) is 0.810. The molecule has 114 valence electrons. The van der Waals surface area contributed by atoms with Gasteiger partial charge in [0.25, 0.3) is 0 Å². The van der Waals surface area contributed by atoms with Crippen LogP contribution in [0.2, 0.25) is 0 Å². The van der Waals surface area contributed by atoms with Gasteiger partial charge in [0, 0.05) is 18.6 Å². The second-order valence-electron chi connectivity index (χ2n) is 4.89. The van der Waals surface area contributed by atoms with E-state index in [0.29, 0.717) is 19.4 Å². The van der Waals surface area contributed by atoms with Crippen molar-refractivity contribution in [3.8, 4) is 11.8 Å². The van der Waals surface area contributed by atoms with Gasteiger partial charge in [-0.2, -0.15) is 0 Å². The van der Waals surface area contributed by atoms with Crippen molar-refractivity contribution in [1.29, 1.82) is 0 Å². The summed E-state index contributed by atoms with van der Waals surface area (Å²) in [6, 6.07) is 6.21. The lowest BCUT2D eigenvalue weighted by molar-refractivity contribution is 0.117. The monoisotopic (exact) mass is 309 g/mol. The van der Waals surface area contributed by atoms with E-state index in [9.17, 15) is 8.42 Å². The van der Waals surface area contributed by atoms with Crippen LogP contribution in [0.25, 0.3) is 0 Å². The fourth-order valence-corrected chi connectivity index (χ4v) is 3.43. The molecule has 1 aliphatic heterocycles. The molecule has 1 aromatic rings. The van der Waals surface area contributed by atoms with Crippen molar-refractivity contribution >= 4 is 10.0 Å². The normalized spacial score (nSPS) is 21.8. The van der Waals surface area contributed by atoms with Crippen LogP contribution in [-0.4, -0.2) is 38.9 Å². The minimum Gasteiger partial charge on any atom is -0.395 e. The number of aliphatic hydroxyl groups excluding tert-OH is 1. The molecule has 0 radical (unpaired) electrons. The van der Waals surface area contributed by atoms with Crippen LogP contribution in [0.4, 0.5) is 0 Å². The molecule has 1 fully saturated rings. The molecule has 2 N–H and O–H groups in total. The Kier molecular flexibility index (Phi) is 5.37. The Balaban J connectivity index is 2.08. The molecule has 5 nitrogen and oxygen atoms in total. The summed E-state index contributed by atoms with van der Waals surface area (Å²) in [5.41, 5.74) is 0.722. The maximum Gasteiger partial charge on any atom is 0.240 e. The molecule has 0 bridgehead atoms. The first-order valence-corrected chi connectivity index (χ1v) is 8.35. The molecule has 1 aromatic carbocycles. The SMILES string of the molecule is CC1OCCC1NS(=O)(=O)c1ccc(C#CCCO)cc1. The van der Waals surface area contributed by atoms with Crippen LogP contribution in [0.1, 0.15) is 25.3 Å². The first-order valence-electron chi connectivity index (χ1n) is 6.86. The number of ether oxygens (including phenoxy) is 1. The topological polar surface area (TPSA) is 75.6 Å². The second kappa shape index (κ2) is 7.05. The lowest BCUT2D eigenvalue weighted by atomic mass is 10.2. The molecule has 1 aliphatic rings. The van der Waals surface area contributed by atoms with Gasteiger partial charge in [0.2, 0.25) is 10.0 Å². The van der Waals surface area contributed by atoms with Gasteiger partial charge in [-0.05, 0) is 37.6 Å². The zero-order valence-electron chi connectivity index (χ0n) is 11.9. The number of rotatable bonds is 4. The maximum atomic E-state index is 12.3. The van der Waals surface area contributed by atoms with Gasteiger partial charge < -0.3 is 9.84 Å². The van der Waals surface area contributed by atoms with E-state index in [1.807, 2.05) is 6.92 Å². The minimum atomic E-state index is -3.54. The third-order valence-electron chi connectivity index (χ3n) is 3.32. The highest BCUT2D eigenvalue weighted by Gasteiger charge is 2.29. The molecule has 21 heavy (non-hydrogen) atoms. The zero-order chi connectivity index (χ0) is 15.3. The average Bonchev–Trinajstić information content (AvgIpc) is 2.84. The Morgan fingerprint density at radius 1 is 1.38 bits per heavy atom. The van der Waals surface area contributed by atoms with E-state index in [2.05, 4.69) is 16.6 Å². The van der Waals surface area contributed by atoms with Gasteiger partial charge >= 0.3 is 0 Å². The van der Waals surface area contributed by atoms with Crippen molar-refractivity contribution in [3.63, 3.8) is 0 Å². The van der Waals surface area contributed by atoms with Crippen LogP contribution < -0.4 is 4.72 Å². The van der Waals surface area contributed by atoms with Gasteiger partial charge in [-0.25, -0.2) is 13.1 Å². The van der Waals surface area contributed by atoms with E-state index >= 15 is 0 Å². The summed E-state index contributed by atoms with van der Waals surface area (Å²) < 4.78 is 32.6. The number of nitrogens with one attached hydrogen (secondary N) is 1. The molecule has 0 amide bonds. The van der Waals surface area contributed by atoms with Crippen LogP contribution in [0.5, 0.6) is 0 Å². The number of hydrogen-bond acceptors (Lipinski definition) is 4. The summed E-state index contributed by atoms with van der Waals surface area (Å²) >= 11 is 0. The first kappa shape index (κ1) is 16.0. The molecular weight excluding hydrogens is 290 g/mol. The molecule has 2 atom stereocenters. The Hall–Kier alpha value is -1.39. The molecule has 1 heterocycles. The molecule has 6 heteroatoms. The fraction of sp³-hybridized carbons (Fsp3) is 0.467. The van der Waals surface area contributed by atoms with E-state index < -0.39 is 10.0 Å². The van der Waals surface area contributed by atoms with Gasteiger partial charge in [-0.15, -0.1) is 0 Å². The Bertz CT molecular complexity index is 628. The predicted octanol–water partition coefficient (Wildman–Crippen LogP) is 0.876. The van der Waals surface area contributed by atoms with E-state index in [1.165, 1.54) is 12.1 Å². The van der Waals surface area contributed by atoms with Crippen LogP contribution >= 0.6 is 0 Å². The molecule has 0 aromatic heterocycles. The third-order valence-corrected chi connectivity index (χ3v) is 4.82. The minimum absolute atomic E-state index is 0.0189. The largest absolute Gasteiger partial charge is 0.395 e. The van der Waals surface area contributed by atoms with Crippen molar-refractivity contribution in [3.05, 3.63) is 29.8 Å². The van der Waals surface area contributed by atoms with Crippen LogP contribution in [0.3, 0.4) is 0 Å². The van der Waals surface area contributed by atoms with Gasteiger partial charge in [-0.3, -0.25) is 0 Å². The van der Waals surface area contributed by atoms with E-state index in [1.54, 1.807) is 12.1 Å². The fourth-order valence-electron chi connectivity index (χ4n) is 2.09. The molecule has 0 saturated carbocycles. The highest BCUT2D eigenvalue weighted by atomic mass is 32.2. The molecule has 2 unspecified atom stereocenters. The lowest BCUT2D eigenvalue weighted by Gasteiger charge is -2.16. The summed E-state index contributed by atoms with van der Waals surface area (Å²) in [6.45, 7) is 2.46. The van der Waals surface area contributed by atoms with Crippen molar-refractivity contribution in [1.82, 2.24) is 4.72 Å². The van der Waals surface area contributed by atoms with E-state index in [4.69, 9.17) is 9.84 Å². The van der Waals surface area contributed by atoms with E-state index in [-0.39, 0.29) is 23.6 Å². The molecule has 2 rings (SSSR count). The summed E-state index contributed by atoms with van der Waals surface area (Å²) in [5.74, 6) is 5.65. The van der Waals surface area contributed by atoms with Crippen molar-refractivity contribution < 1.29 is 18.3 Å². The van der Waals surface area contributed by atoms with Gasteiger partial charge in [-0.1, -0.05) is 11.8 Å². The number of aliphatic hydroxyl groups is 1. The summed E-state index contributed by atoms with van der Waals surface area (Å²) in [6.07, 6.45) is 0.982. The summed E-state index contributed by atoms with van der Waals surface area (Å²) in [4.78, 5) is 0.217. The highest BCUT2D eigenvalue weighted by Crippen LogP contribution is 2.17. The standard InChI is InChI=1S/C15H19NO4S/c1-12-15(9-11-20-12)16-21(18,19)14-7-5-13(6-8-14)4-2-3-10-17/h5-8,12,15-17H,3,9-11H2,1H3. The smallest absolute Gasteiger partial charge is 0.240 e. The van der Waals surface area contributed by atoms with Gasteiger partial charge in [0.15, 0.2) is 0 Å². The third kappa shape index (κ3) is 4.29. The van der Waals surface area contributed by atoms with Crippen LogP contribution in [-0.2, 0) is 14.8 Å². The van der Waals surface area contributed by atoms with Crippen LogP contribution in [0.15, 0.2) is 29.2 Å². The number of benzene rings is 1.